The molecule has 154 valence electrons. The molecule has 2 amide bonds. The van der Waals surface area contributed by atoms with Crippen LogP contribution in [0.4, 0.5) is 22.1 Å². The van der Waals surface area contributed by atoms with Crippen LogP contribution in [0.15, 0.2) is 36.4 Å². The van der Waals surface area contributed by atoms with Gasteiger partial charge in [0, 0.05) is 45.0 Å². The van der Waals surface area contributed by atoms with Crippen molar-refractivity contribution >= 4 is 23.4 Å². The number of aryl methyl sites for hydroxylation is 1. The first kappa shape index (κ1) is 19.5. The summed E-state index contributed by atoms with van der Waals surface area (Å²) in [7, 11) is 0. The largest absolute Gasteiger partial charge is 0.355 e. The van der Waals surface area contributed by atoms with Gasteiger partial charge in [0.15, 0.2) is 11.6 Å². The van der Waals surface area contributed by atoms with Crippen LogP contribution in [0.2, 0.25) is 0 Å². The lowest BCUT2D eigenvalue weighted by Gasteiger charge is -2.35. The number of piperidine rings is 1. The number of piperazine rings is 1. The Morgan fingerprint density at radius 1 is 0.931 bits per heavy atom. The van der Waals surface area contributed by atoms with E-state index in [1.807, 2.05) is 36.1 Å². The number of amides is 2. The van der Waals surface area contributed by atoms with E-state index < -0.39 is 0 Å². The molecule has 0 saturated carbocycles. The maximum Gasteiger partial charge on any atom is 0.321 e. The third kappa shape index (κ3) is 4.78. The monoisotopic (exact) mass is 394 g/mol. The van der Waals surface area contributed by atoms with E-state index >= 15 is 0 Å². The van der Waals surface area contributed by atoms with Crippen molar-refractivity contribution in [3.63, 3.8) is 0 Å². The summed E-state index contributed by atoms with van der Waals surface area (Å²) >= 11 is 0. The first-order valence-corrected chi connectivity index (χ1v) is 10.5. The van der Waals surface area contributed by atoms with Gasteiger partial charge in [-0.2, -0.15) is 0 Å². The van der Waals surface area contributed by atoms with Gasteiger partial charge in [0.05, 0.1) is 0 Å². The van der Waals surface area contributed by atoms with Crippen LogP contribution in [-0.2, 0) is 0 Å². The summed E-state index contributed by atoms with van der Waals surface area (Å²) in [6.45, 7) is 9.32. The molecule has 7 heteroatoms. The quantitative estimate of drug-likeness (QED) is 0.865. The van der Waals surface area contributed by atoms with Gasteiger partial charge in [-0.25, -0.2) is 4.79 Å². The van der Waals surface area contributed by atoms with Crippen molar-refractivity contribution in [2.45, 2.75) is 26.7 Å². The average Bonchev–Trinajstić information content (AvgIpc) is 2.75. The molecule has 0 atom stereocenters. The molecule has 0 radical (unpaired) electrons. The molecule has 0 spiro atoms. The molecule has 2 aliphatic heterocycles. The van der Waals surface area contributed by atoms with E-state index in [1.165, 1.54) is 12.8 Å². The van der Waals surface area contributed by atoms with Gasteiger partial charge >= 0.3 is 6.03 Å². The second kappa shape index (κ2) is 8.68. The Balaban J connectivity index is 1.29. The molecule has 1 aromatic heterocycles. The molecule has 3 heterocycles. The van der Waals surface area contributed by atoms with Crippen LogP contribution >= 0.6 is 0 Å². The van der Waals surface area contributed by atoms with E-state index in [1.54, 1.807) is 0 Å². The minimum absolute atomic E-state index is 0.0454. The van der Waals surface area contributed by atoms with Crippen LogP contribution in [0.25, 0.3) is 0 Å². The third-order valence-electron chi connectivity index (χ3n) is 5.90. The normalized spacial score (nSPS) is 18.1. The number of carbonyl (C=O) groups excluding carboxylic acids is 1. The molecule has 7 nitrogen and oxygen atoms in total. The molecule has 2 saturated heterocycles. The van der Waals surface area contributed by atoms with Crippen molar-refractivity contribution < 1.29 is 4.79 Å². The van der Waals surface area contributed by atoms with Crippen LogP contribution in [0.3, 0.4) is 0 Å². The number of nitrogens with zero attached hydrogens (tertiary/aromatic N) is 5. The molecule has 2 aromatic rings. The van der Waals surface area contributed by atoms with Gasteiger partial charge in [0.25, 0.3) is 0 Å². The Kier molecular flexibility index (Phi) is 5.83. The van der Waals surface area contributed by atoms with E-state index in [0.29, 0.717) is 13.1 Å². The van der Waals surface area contributed by atoms with Crippen molar-refractivity contribution in [3.05, 3.63) is 42.0 Å². The van der Waals surface area contributed by atoms with Gasteiger partial charge < -0.3 is 20.0 Å². The Bertz CT molecular complexity index is 823. The van der Waals surface area contributed by atoms with Crippen LogP contribution in [0, 0.1) is 12.8 Å². The molecule has 0 unspecified atom stereocenters. The molecule has 0 bridgehead atoms. The van der Waals surface area contributed by atoms with E-state index in [2.05, 4.69) is 44.4 Å². The summed E-state index contributed by atoms with van der Waals surface area (Å²) in [5, 5.41) is 11.9. The summed E-state index contributed by atoms with van der Waals surface area (Å²) in [5.41, 5.74) is 1.97. The highest BCUT2D eigenvalue weighted by atomic mass is 16.2. The SMILES string of the molecule is Cc1cccc(NC(=O)N2CCN(c3ccc(N4CCC(C)CC4)nn3)CC2)c1. The predicted molar refractivity (Wildman–Crippen MR) is 117 cm³/mol. The summed E-state index contributed by atoms with van der Waals surface area (Å²) in [6.07, 6.45) is 2.44. The standard InChI is InChI=1S/C22H30N6O/c1-17-8-10-26(11-9-17)20-6-7-21(25-24-20)27-12-14-28(15-13-27)22(29)23-19-5-3-4-18(2)16-19/h3-7,16-17H,8-15H2,1-2H3,(H,23,29). The van der Waals surface area contributed by atoms with E-state index in [4.69, 9.17) is 0 Å². The molecule has 2 aliphatic rings. The van der Waals surface area contributed by atoms with Crippen molar-refractivity contribution in [1.29, 1.82) is 0 Å². The van der Waals surface area contributed by atoms with Crippen molar-refractivity contribution in [2.75, 3.05) is 54.4 Å². The smallest absolute Gasteiger partial charge is 0.321 e. The Labute approximate surface area is 172 Å². The summed E-state index contributed by atoms with van der Waals surface area (Å²) in [5.74, 6) is 2.66. The van der Waals surface area contributed by atoms with Crippen molar-refractivity contribution in [2.24, 2.45) is 5.92 Å². The van der Waals surface area contributed by atoms with Gasteiger partial charge in [-0.1, -0.05) is 19.1 Å². The third-order valence-corrected chi connectivity index (χ3v) is 5.90. The van der Waals surface area contributed by atoms with Crippen LogP contribution in [-0.4, -0.2) is 60.4 Å². The number of rotatable bonds is 3. The number of benzene rings is 1. The van der Waals surface area contributed by atoms with Crippen LogP contribution < -0.4 is 15.1 Å². The van der Waals surface area contributed by atoms with Gasteiger partial charge in [0.2, 0.25) is 0 Å². The fourth-order valence-electron chi connectivity index (χ4n) is 3.96. The maximum atomic E-state index is 12.5. The molecular weight excluding hydrogens is 364 g/mol. The lowest BCUT2D eigenvalue weighted by Crippen LogP contribution is -2.50. The fraction of sp³-hybridized carbons (Fsp3) is 0.500. The van der Waals surface area contributed by atoms with Crippen LogP contribution in [0.1, 0.15) is 25.3 Å². The predicted octanol–water partition coefficient (Wildman–Crippen LogP) is 3.38. The minimum atomic E-state index is -0.0454. The second-order valence-electron chi connectivity index (χ2n) is 8.19. The van der Waals surface area contributed by atoms with Gasteiger partial charge in [-0.05, 0) is 55.5 Å². The Morgan fingerprint density at radius 2 is 1.55 bits per heavy atom. The van der Waals surface area contributed by atoms with E-state index in [9.17, 15) is 4.79 Å². The zero-order valence-electron chi connectivity index (χ0n) is 17.3. The topological polar surface area (TPSA) is 64.6 Å². The number of aromatic nitrogens is 2. The second-order valence-corrected chi connectivity index (χ2v) is 8.19. The maximum absolute atomic E-state index is 12.5. The number of carbonyl (C=O) groups is 1. The zero-order chi connectivity index (χ0) is 20.2. The molecule has 1 N–H and O–H groups in total. The van der Waals surface area contributed by atoms with Crippen molar-refractivity contribution in [3.8, 4) is 0 Å². The van der Waals surface area contributed by atoms with E-state index in [-0.39, 0.29) is 6.03 Å². The van der Waals surface area contributed by atoms with Gasteiger partial charge in [-0.15, -0.1) is 10.2 Å². The lowest BCUT2D eigenvalue weighted by molar-refractivity contribution is 0.208. The minimum Gasteiger partial charge on any atom is -0.355 e. The molecular formula is C22H30N6O. The Morgan fingerprint density at radius 3 is 2.14 bits per heavy atom. The van der Waals surface area contributed by atoms with E-state index in [0.717, 1.165) is 55.0 Å². The molecule has 4 rings (SSSR count). The number of hydrogen-bond donors (Lipinski definition) is 1. The number of hydrogen-bond acceptors (Lipinski definition) is 5. The van der Waals surface area contributed by atoms with Crippen molar-refractivity contribution in [1.82, 2.24) is 15.1 Å². The van der Waals surface area contributed by atoms with Crippen LogP contribution in [0.5, 0.6) is 0 Å². The number of urea groups is 1. The molecule has 1 aromatic carbocycles. The highest BCUT2D eigenvalue weighted by Crippen LogP contribution is 2.22. The molecule has 29 heavy (non-hydrogen) atoms. The summed E-state index contributed by atoms with van der Waals surface area (Å²) < 4.78 is 0. The summed E-state index contributed by atoms with van der Waals surface area (Å²) in [4.78, 5) is 18.9. The molecule has 0 aliphatic carbocycles. The number of nitrogens with one attached hydrogen (secondary N) is 1. The molecule has 2 fully saturated rings. The highest BCUT2D eigenvalue weighted by Gasteiger charge is 2.23. The zero-order valence-corrected chi connectivity index (χ0v) is 17.3. The fourth-order valence-corrected chi connectivity index (χ4v) is 3.96. The van der Waals surface area contributed by atoms with Gasteiger partial charge in [0.1, 0.15) is 0 Å². The summed E-state index contributed by atoms with van der Waals surface area (Å²) in [6, 6.07) is 12.0. The highest BCUT2D eigenvalue weighted by molar-refractivity contribution is 5.89. The Hall–Kier alpha value is -2.83. The average molecular weight is 395 g/mol. The first-order valence-electron chi connectivity index (χ1n) is 10.5. The van der Waals surface area contributed by atoms with Gasteiger partial charge in [-0.3, -0.25) is 0 Å². The first-order chi connectivity index (χ1) is 14.1. The lowest BCUT2D eigenvalue weighted by atomic mass is 9.99. The number of anilines is 3.